The predicted octanol–water partition coefficient (Wildman–Crippen LogP) is 8.12. The van der Waals surface area contributed by atoms with Crippen LogP contribution in [-0.4, -0.2) is 8.80 Å². The minimum absolute atomic E-state index is 0.358. The van der Waals surface area contributed by atoms with Gasteiger partial charge in [0, 0.05) is 8.80 Å². The second kappa shape index (κ2) is 17.6. The van der Waals surface area contributed by atoms with Gasteiger partial charge < -0.3 is 0 Å². The van der Waals surface area contributed by atoms with Gasteiger partial charge in [0.2, 0.25) is 0 Å². The van der Waals surface area contributed by atoms with Crippen molar-refractivity contribution in [3.05, 3.63) is 0 Å². The molecule has 1 atom stereocenters. The van der Waals surface area contributed by atoms with Crippen LogP contribution in [0.5, 0.6) is 0 Å². The Kier molecular flexibility index (Phi) is 17.7. The summed E-state index contributed by atoms with van der Waals surface area (Å²) in [6.07, 6.45) is 23.6. The standard InChI is InChI=1S/C21H46Si/c1-5-6-7-8-9-10-11-12-13-14-15-16-17-18-19-20-21(2)22(3)4/h21-22H,5-20H2,1-4H3. The summed E-state index contributed by atoms with van der Waals surface area (Å²) in [7, 11) is -0.358. The van der Waals surface area contributed by atoms with Crippen LogP contribution in [-0.2, 0) is 0 Å². The molecule has 0 radical (unpaired) electrons. The van der Waals surface area contributed by atoms with Crippen molar-refractivity contribution in [1.82, 2.24) is 0 Å². The molecule has 0 nitrogen and oxygen atoms in total. The maximum atomic E-state index is 2.50. The zero-order valence-corrected chi connectivity index (χ0v) is 17.6. The van der Waals surface area contributed by atoms with E-state index in [1.54, 1.807) is 0 Å². The van der Waals surface area contributed by atoms with Crippen LogP contribution in [0.3, 0.4) is 0 Å². The minimum atomic E-state index is -0.358. The molecule has 0 aliphatic heterocycles. The maximum absolute atomic E-state index is 2.50. The van der Waals surface area contributed by atoms with Crippen molar-refractivity contribution in [3.8, 4) is 0 Å². The van der Waals surface area contributed by atoms with Crippen LogP contribution in [0.15, 0.2) is 0 Å². The Hall–Kier alpha value is 0.217. The molecule has 0 saturated carbocycles. The molecule has 0 aromatic carbocycles. The van der Waals surface area contributed by atoms with E-state index < -0.39 is 0 Å². The molecule has 0 aliphatic rings. The van der Waals surface area contributed by atoms with Crippen LogP contribution in [0.2, 0.25) is 18.6 Å². The summed E-state index contributed by atoms with van der Waals surface area (Å²) in [5, 5.41) is 0. The van der Waals surface area contributed by atoms with Crippen LogP contribution < -0.4 is 0 Å². The summed E-state index contributed by atoms with van der Waals surface area (Å²) in [5.41, 5.74) is 1.06. The van der Waals surface area contributed by atoms with Crippen LogP contribution in [0.4, 0.5) is 0 Å². The third-order valence-corrected chi connectivity index (χ3v) is 8.01. The lowest BCUT2D eigenvalue weighted by atomic mass is 10.0. The summed E-state index contributed by atoms with van der Waals surface area (Å²) in [4.78, 5) is 0. The Bertz CT molecular complexity index is 200. The highest BCUT2D eigenvalue weighted by atomic mass is 28.3. The summed E-state index contributed by atoms with van der Waals surface area (Å²) in [6, 6.07) is 0. The van der Waals surface area contributed by atoms with E-state index >= 15 is 0 Å². The summed E-state index contributed by atoms with van der Waals surface area (Å²) in [5.74, 6) is 0. The smallest absolute Gasteiger partial charge is 0.0334 e. The number of hydrogen-bond acceptors (Lipinski definition) is 0. The lowest BCUT2D eigenvalue weighted by Crippen LogP contribution is -2.08. The monoisotopic (exact) mass is 326 g/mol. The molecule has 0 amide bonds. The Morgan fingerprint density at radius 3 is 1.18 bits per heavy atom. The van der Waals surface area contributed by atoms with E-state index in [0.717, 1.165) is 5.54 Å². The fraction of sp³-hybridized carbons (Fsp3) is 1.00. The Labute approximate surface area is 144 Å². The van der Waals surface area contributed by atoms with Gasteiger partial charge in [-0.05, 0) is 0 Å². The van der Waals surface area contributed by atoms with Crippen LogP contribution in [0.1, 0.15) is 117 Å². The highest BCUT2D eigenvalue weighted by molar-refractivity contribution is 6.57. The van der Waals surface area contributed by atoms with E-state index in [4.69, 9.17) is 0 Å². The van der Waals surface area contributed by atoms with Crippen molar-refractivity contribution < 1.29 is 0 Å². The van der Waals surface area contributed by atoms with Gasteiger partial charge in [-0.2, -0.15) is 0 Å². The molecule has 22 heavy (non-hydrogen) atoms. The Morgan fingerprint density at radius 1 is 0.545 bits per heavy atom. The molecule has 0 N–H and O–H groups in total. The molecule has 0 aromatic heterocycles. The predicted molar refractivity (Wildman–Crippen MR) is 108 cm³/mol. The van der Waals surface area contributed by atoms with Gasteiger partial charge in [-0.25, -0.2) is 0 Å². The second-order valence-electron chi connectivity index (χ2n) is 7.96. The molecular weight excluding hydrogens is 280 g/mol. The van der Waals surface area contributed by atoms with E-state index in [9.17, 15) is 0 Å². The highest BCUT2D eigenvalue weighted by Crippen LogP contribution is 2.19. The zero-order valence-electron chi connectivity index (χ0n) is 16.5. The van der Waals surface area contributed by atoms with Crippen molar-refractivity contribution in [2.75, 3.05) is 0 Å². The molecule has 134 valence electrons. The van der Waals surface area contributed by atoms with Gasteiger partial charge in [0.1, 0.15) is 0 Å². The molecule has 0 rings (SSSR count). The molecule has 0 spiro atoms. The first-order valence-corrected chi connectivity index (χ1v) is 13.7. The summed E-state index contributed by atoms with van der Waals surface area (Å²) < 4.78 is 0. The zero-order chi connectivity index (χ0) is 16.5. The van der Waals surface area contributed by atoms with Gasteiger partial charge >= 0.3 is 0 Å². The third kappa shape index (κ3) is 16.6. The number of hydrogen-bond donors (Lipinski definition) is 0. The largest absolute Gasteiger partial charge is 0.0720 e. The first kappa shape index (κ1) is 22.2. The minimum Gasteiger partial charge on any atom is -0.0720 e. The molecule has 0 heterocycles. The Morgan fingerprint density at radius 2 is 0.864 bits per heavy atom. The molecule has 1 unspecified atom stereocenters. The van der Waals surface area contributed by atoms with Crippen molar-refractivity contribution >= 4 is 8.80 Å². The SMILES string of the molecule is CCCCCCCCCCCCCCCCCC(C)[SiH](C)C. The molecule has 0 bridgehead atoms. The van der Waals surface area contributed by atoms with E-state index in [1.807, 2.05) is 0 Å². The normalized spacial score (nSPS) is 13.0. The van der Waals surface area contributed by atoms with E-state index in [1.165, 1.54) is 103 Å². The second-order valence-corrected chi connectivity index (χ2v) is 11.6. The number of rotatable bonds is 17. The summed E-state index contributed by atoms with van der Waals surface area (Å²) in [6.45, 7) is 9.76. The van der Waals surface area contributed by atoms with E-state index in [2.05, 4.69) is 26.9 Å². The van der Waals surface area contributed by atoms with E-state index in [-0.39, 0.29) is 8.80 Å². The van der Waals surface area contributed by atoms with Crippen molar-refractivity contribution in [3.63, 3.8) is 0 Å². The fourth-order valence-corrected chi connectivity index (χ4v) is 4.07. The van der Waals surface area contributed by atoms with Crippen molar-refractivity contribution in [2.24, 2.45) is 0 Å². The van der Waals surface area contributed by atoms with Crippen LogP contribution in [0, 0.1) is 0 Å². The maximum Gasteiger partial charge on any atom is 0.0334 e. The molecule has 0 fully saturated rings. The van der Waals surface area contributed by atoms with Gasteiger partial charge in [0.05, 0.1) is 0 Å². The average molecular weight is 327 g/mol. The molecular formula is C21H46Si. The van der Waals surface area contributed by atoms with Crippen molar-refractivity contribution in [1.29, 1.82) is 0 Å². The Balaban J connectivity index is 3.03. The van der Waals surface area contributed by atoms with Gasteiger partial charge in [0.25, 0.3) is 0 Å². The fourth-order valence-electron chi connectivity index (χ4n) is 3.17. The van der Waals surface area contributed by atoms with Gasteiger partial charge in [-0.3, -0.25) is 0 Å². The topological polar surface area (TPSA) is 0 Å². The third-order valence-electron chi connectivity index (χ3n) is 5.40. The van der Waals surface area contributed by atoms with Gasteiger partial charge in [-0.1, -0.05) is 135 Å². The highest BCUT2D eigenvalue weighted by Gasteiger charge is 2.07. The number of unbranched alkanes of at least 4 members (excludes halogenated alkanes) is 14. The molecule has 0 aromatic rings. The average Bonchev–Trinajstić information content (AvgIpc) is 2.50. The van der Waals surface area contributed by atoms with Gasteiger partial charge in [-0.15, -0.1) is 0 Å². The quantitative estimate of drug-likeness (QED) is 0.187. The van der Waals surface area contributed by atoms with Crippen LogP contribution in [0.25, 0.3) is 0 Å². The van der Waals surface area contributed by atoms with Crippen molar-refractivity contribution in [2.45, 2.75) is 135 Å². The molecule has 0 aliphatic carbocycles. The summed E-state index contributed by atoms with van der Waals surface area (Å²) >= 11 is 0. The lowest BCUT2D eigenvalue weighted by Gasteiger charge is -2.13. The first-order chi connectivity index (χ1) is 10.7. The molecule has 1 heteroatoms. The van der Waals surface area contributed by atoms with Gasteiger partial charge in [0.15, 0.2) is 0 Å². The van der Waals surface area contributed by atoms with E-state index in [0.29, 0.717) is 0 Å². The first-order valence-electron chi connectivity index (χ1n) is 10.7. The molecule has 0 saturated heterocycles. The lowest BCUT2D eigenvalue weighted by molar-refractivity contribution is 0.528. The van der Waals surface area contributed by atoms with Crippen LogP contribution >= 0.6 is 0 Å².